The number of hydrogen-bond donors (Lipinski definition) is 3. The maximum atomic E-state index is 12.7. The van der Waals surface area contributed by atoms with Gasteiger partial charge in [-0.25, -0.2) is 0 Å². The Kier molecular flexibility index (Phi) is 6.18. The molecule has 1 aliphatic heterocycles. The number of rotatable bonds is 7. The zero-order valence-corrected chi connectivity index (χ0v) is 18.3. The lowest BCUT2D eigenvalue weighted by atomic mass is 10.0. The highest BCUT2D eigenvalue weighted by Gasteiger charge is 2.40. The average molecular weight is 436 g/mol. The summed E-state index contributed by atoms with van der Waals surface area (Å²) in [4.78, 5) is 22.7. The highest BCUT2D eigenvalue weighted by Crippen LogP contribution is 2.38. The van der Waals surface area contributed by atoms with E-state index < -0.39 is 0 Å². The van der Waals surface area contributed by atoms with Crippen molar-refractivity contribution in [3.8, 4) is 5.75 Å². The van der Waals surface area contributed by atoms with E-state index >= 15 is 0 Å². The number of H-pyrrole nitrogens is 1. The molecule has 1 saturated heterocycles. The number of methoxy groups -OCH3 is 1. The van der Waals surface area contributed by atoms with Gasteiger partial charge in [-0.1, -0.05) is 18.2 Å². The second-order valence-electron chi connectivity index (χ2n) is 7.42. The molecule has 1 aromatic carbocycles. The van der Waals surface area contributed by atoms with E-state index in [-0.39, 0.29) is 24.4 Å². The zero-order chi connectivity index (χ0) is 21.8. The van der Waals surface area contributed by atoms with Crippen molar-refractivity contribution < 1.29 is 9.53 Å². The average Bonchev–Trinajstić information content (AvgIpc) is 3.35. The second kappa shape index (κ2) is 9.18. The molecule has 3 N–H and O–H groups in total. The van der Waals surface area contributed by atoms with E-state index in [1.54, 1.807) is 13.3 Å². The number of para-hydroxylation sites is 2. The molecule has 3 heterocycles. The SMILES string of the molecule is COc1ccccc1NC(=O)CCN1C(=S)N[C@H](c2ccccn2)[C@H]1c1ccc(C)[nH]1. The van der Waals surface area contributed by atoms with Gasteiger partial charge in [-0.2, -0.15) is 0 Å². The summed E-state index contributed by atoms with van der Waals surface area (Å²) in [5.74, 6) is 0.527. The second-order valence-corrected chi connectivity index (χ2v) is 7.80. The number of pyridine rings is 1. The fraction of sp³-hybridized carbons (Fsp3) is 0.261. The van der Waals surface area contributed by atoms with Gasteiger partial charge in [0.2, 0.25) is 5.91 Å². The van der Waals surface area contributed by atoms with E-state index in [9.17, 15) is 4.79 Å². The molecular formula is C23H25N5O2S. The Balaban J connectivity index is 1.52. The lowest BCUT2D eigenvalue weighted by molar-refractivity contribution is -0.116. The van der Waals surface area contributed by atoms with Crippen molar-refractivity contribution in [1.82, 2.24) is 20.2 Å². The minimum absolute atomic E-state index is 0.0878. The number of anilines is 1. The third kappa shape index (κ3) is 4.54. The van der Waals surface area contributed by atoms with Gasteiger partial charge in [0.25, 0.3) is 0 Å². The number of thiocarbonyl (C=S) groups is 1. The van der Waals surface area contributed by atoms with Crippen LogP contribution in [0.5, 0.6) is 5.75 Å². The summed E-state index contributed by atoms with van der Waals surface area (Å²) in [5, 5.41) is 6.93. The Morgan fingerprint density at radius 1 is 1.19 bits per heavy atom. The number of ether oxygens (including phenoxy) is 1. The molecule has 31 heavy (non-hydrogen) atoms. The third-order valence-electron chi connectivity index (χ3n) is 5.33. The number of aryl methyl sites for hydroxylation is 1. The molecule has 0 spiro atoms. The van der Waals surface area contributed by atoms with Crippen LogP contribution in [-0.2, 0) is 4.79 Å². The molecule has 0 unspecified atom stereocenters. The number of aromatic amines is 1. The fourth-order valence-electron chi connectivity index (χ4n) is 3.87. The summed E-state index contributed by atoms with van der Waals surface area (Å²) < 4.78 is 5.31. The quantitative estimate of drug-likeness (QED) is 0.491. The van der Waals surface area contributed by atoms with E-state index in [4.69, 9.17) is 17.0 Å². The van der Waals surface area contributed by atoms with Gasteiger partial charge in [0, 0.05) is 30.6 Å². The van der Waals surface area contributed by atoms with Crippen molar-refractivity contribution in [3.63, 3.8) is 0 Å². The van der Waals surface area contributed by atoms with Gasteiger partial charge < -0.3 is 25.3 Å². The Morgan fingerprint density at radius 2 is 2.00 bits per heavy atom. The largest absolute Gasteiger partial charge is 0.495 e. The number of carbonyl (C=O) groups is 1. The van der Waals surface area contributed by atoms with Gasteiger partial charge in [-0.05, 0) is 55.5 Å². The van der Waals surface area contributed by atoms with Crippen LogP contribution in [0.2, 0.25) is 0 Å². The molecule has 7 nitrogen and oxygen atoms in total. The van der Waals surface area contributed by atoms with Crippen molar-refractivity contribution in [2.75, 3.05) is 19.0 Å². The van der Waals surface area contributed by atoms with Crippen LogP contribution in [0, 0.1) is 6.92 Å². The molecule has 0 aliphatic carbocycles. The normalized spacial score (nSPS) is 18.0. The minimum Gasteiger partial charge on any atom is -0.495 e. The Morgan fingerprint density at radius 3 is 2.71 bits per heavy atom. The summed E-state index contributed by atoms with van der Waals surface area (Å²) >= 11 is 5.64. The van der Waals surface area contributed by atoms with Crippen molar-refractivity contribution in [3.05, 3.63) is 77.9 Å². The summed E-state index contributed by atoms with van der Waals surface area (Å²) in [6.45, 7) is 2.49. The first kappa shape index (κ1) is 20.9. The molecule has 0 saturated carbocycles. The van der Waals surface area contributed by atoms with Crippen LogP contribution in [0.4, 0.5) is 5.69 Å². The molecule has 3 aromatic rings. The van der Waals surface area contributed by atoms with E-state index in [1.807, 2.05) is 55.5 Å². The predicted molar refractivity (Wildman–Crippen MR) is 124 cm³/mol. The summed E-state index contributed by atoms with van der Waals surface area (Å²) in [6.07, 6.45) is 2.06. The predicted octanol–water partition coefficient (Wildman–Crippen LogP) is 3.73. The number of nitrogens with one attached hydrogen (secondary N) is 3. The molecule has 160 valence electrons. The van der Waals surface area contributed by atoms with Crippen LogP contribution in [0.25, 0.3) is 0 Å². The first-order valence-corrected chi connectivity index (χ1v) is 10.5. The van der Waals surface area contributed by atoms with Gasteiger partial charge in [0.1, 0.15) is 5.75 Å². The maximum absolute atomic E-state index is 12.7. The van der Waals surface area contributed by atoms with E-state index in [0.717, 1.165) is 17.1 Å². The van der Waals surface area contributed by atoms with E-state index in [0.29, 0.717) is 23.1 Å². The lowest BCUT2D eigenvalue weighted by Crippen LogP contribution is -2.32. The van der Waals surface area contributed by atoms with Crippen molar-refractivity contribution >= 4 is 28.9 Å². The van der Waals surface area contributed by atoms with Crippen LogP contribution < -0.4 is 15.4 Å². The van der Waals surface area contributed by atoms with Gasteiger partial charge in [-0.3, -0.25) is 9.78 Å². The van der Waals surface area contributed by atoms with Gasteiger partial charge in [-0.15, -0.1) is 0 Å². The summed E-state index contributed by atoms with van der Waals surface area (Å²) in [5.41, 5.74) is 3.66. The smallest absolute Gasteiger partial charge is 0.226 e. The van der Waals surface area contributed by atoms with Crippen LogP contribution in [-0.4, -0.2) is 39.5 Å². The third-order valence-corrected chi connectivity index (χ3v) is 5.68. The Bertz CT molecular complexity index is 1070. The maximum Gasteiger partial charge on any atom is 0.226 e. The van der Waals surface area contributed by atoms with E-state index in [1.165, 1.54) is 0 Å². The molecule has 2 atom stereocenters. The molecule has 0 radical (unpaired) electrons. The number of carbonyl (C=O) groups excluding carboxylic acids is 1. The molecule has 4 rings (SSSR count). The number of nitrogens with zero attached hydrogens (tertiary/aromatic N) is 2. The van der Waals surface area contributed by atoms with Crippen LogP contribution in [0.3, 0.4) is 0 Å². The lowest BCUT2D eigenvalue weighted by Gasteiger charge is -2.26. The molecule has 8 heteroatoms. The topological polar surface area (TPSA) is 82.3 Å². The molecule has 1 amide bonds. The molecule has 0 bridgehead atoms. The monoisotopic (exact) mass is 435 g/mol. The first-order valence-electron chi connectivity index (χ1n) is 10.1. The van der Waals surface area contributed by atoms with Crippen LogP contribution in [0.1, 0.15) is 35.6 Å². The van der Waals surface area contributed by atoms with Gasteiger partial charge in [0.15, 0.2) is 5.11 Å². The summed E-state index contributed by atoms with van der Waals surface area (Å²) in [6, 6.07) is 17.1. The first-order chi connectivity index (χ1) is 15.1. The van der Waals surface area contributed by atoms with Gasteiger partial charge in [0.05, 0.1) is 30.6 Å². The van der Waals surface area contributed by atoms with Crippen molar-refractivity contribution in [2.45, 2.75) is 25.4 Å². The number of hydrogen-bond acceptors (Lipinski definition) is 4. The molecule has 2 aromatic heterocycles. The van der Waals surface area contributed by atoms with Crippen LogP contribution >= 0.6 is 12.2 Å². The highest BCUT2D eigenvalue weighted by molar-refractivity contribution is 7.80. The Labute approximate surface area is 186 Å². The van der Waals surface area contributed by atoms with E-state index in [2.05, 4.69) is 31.6 Å². The Hall–Kier alpha value is -3.39. The highest BCUT2D eigenvalue weighted by atomic mass is 32.1. The van der Waals surface area contributed by atoms with Crippen LogP contribution in [0.15, 0.2) is 60.8 Å². The zero-order valence-electron chi connectivity index (χ0n) is 17.5. The van der Waals surface area contributed by atoms with Gasteiger partial charge >= 0.3 is 0 Å². The van der Waals surface area contributed by atoms with Crippen molar-refractivity contribution in [1.29, 1.82) is 0 Å². The summed E-state index contributed by atoms with van der Waals surface area (Å²) in [7, 11) is 1.58. The number of aromatic nitrogens is 2. The molecule has 1 aliphatic rings. The van der Waals surface area contributed by atoms with Crippen molar-refractivity contribution in [2.24, 2.45) is 0 Å². The minimum atomic E-state index is -0.107. The fourth-order valence-corrected chi connectivity index (χ4v) is 4.20. The molecular weight excluding hydrogens is 410 g/mol. The number of benzene rings is 1. The number of amides is 1. The standard InChI is InChI=1S/C23H25N5O2S/c1-15-10-11-18(25-15)22-21(17-8-5-6-13-24-17)27-23(31)28(22)14-12-20(29)26-16-7-3-4-9-19(16)30-2/h3-11,13,21-22,25H,12,14H2,1-2H3,(H,26,29)(H,27,31)/t21-,22-/m1/s1. The molecule has 1 fully saturated rings.